The molecule has 24 heavy (non-hydrogen) atoms. The lowest BCUT2D eigenvalue weighted by molar-refractivity contribution is -0.121. The molecule has 0 aliphatic heterocycles. The lowest BCUT2D eigenvalue weighted by Crippen LogP contribution is -2.26. The van der Waals surface area contributed by atoms with Crippen molar-refractivity contribution in [3.63, 3.8) is 0 Å². The molecular formula is C20H23N3O. The molecule has 4 heteroatoms. The summed E-state index contributed by atoms with van der Waals surface area (Å²) in [7, 11) is 0. The number of carbonyl (C=O) groups excluding carboxylic acids is 1. The normalized spacial score (nSPS) is 19.3. The van der Waals surface area contributed by atoms with Crippen molar-refractivity contribution in [3.8, 4) is 0 Å². The number of nitrogens with zero attached hydrogens (tertiary/aromatic N) is 2. The Kier molecular flexibility index (Phi) is 4.65. The van der Waals surface area contributed by atoms with Crippen LogP contribution in [-0.2, 0) is 11.3 Å². The second kappa shape index (κ2) is 6.87. The quantitative estimate of drug-likeness (QED) is 0.670. The molecule has 0 spiro atoms. The van der Waals surface area contributed by atoms with E-state index >= 15 is 0 Å². The molecule has 0 saturated heterocycles. The van der Waals surface area contributed by atoms with Crippen molar-refractivity contribution < 1.29 is 4.79 Å². The first-order valence-electron chi connectivity index (χ1n) is 8.26. The van der Waals surface area contributed by atoms with E-state index in [9.17, 15) is 4.79 Å². The van der Waals surface area contributed by atoms with Gasteiger partial charge in [0.25, 0.3) is 5.91 Å². The Balaban J connectivity index is 1.67. The molecule has 0 saturated carbocycles. The minimum atomic E-state index is -0.117. The first kappa shape index (κ1) is 16.2. The molecule has 0 bridgehead atoms. The van der Waals surface area contributed by atoms with Gasteiger partial charge < -0.3 is 4.57 Å². The summed E-state index contributed by atoms with van der Waals surface area (Å²) in [6.45, 7) is 8.39. The van der Waals surface area contributed by atoms with Crippen LogP contribution < -0.4 is 5.43 Å². The van der Waals surface area contributed by atoms with Crippen molar-refractivity contribution in [3.05, 3.63) is 60.3 Å². The van der Waals surface area contributed by atoms with Gasteiger partial charge in [0.05, 0.1) is 5.71 Å². The lowest BCUT2D eigenvalue weighted by atomic mass is 9.85. The number of hydrazone groups is 1. The molecule has 2 aromatic rings. The summed E-state index contributed by atoms with van der Waals surface area (Å²) in [5.74, 6) is 0.298. The third-order valence-electron chi connectivity index (χ3n) is 4.61. The summed E-state index contributed by atoms with van der Waals surface area (Å²) in [6.07, 6.45) is 5.95. The van der Waals surface area contributed by atoms with Crippen LogP contribution in [0.3, 0.4) is 0 Å². The Morgan fingerprint density at radius 3 is 2.96 bits per heavy atom. The van der Waals surface area contributed by atoms with E-state index in [2.05, 4.69) is 23.2 Å². The Morgan fingerprint density at radius 1 is 1.38 bits per heavy atom. The molecule has 0 fully saturated rings. The third-order valence-corrected chi connectivity index (χ3v) is 4.61. The van der Waals surface area contributed by atoms with E-state index < -0.39 is 0 Å². The van der Waals surface area contributed by atoms with Crippen molar-refractivity contribution >= 4 is 22.5 Å². The van der Waals surface area contributed by atoms with Gasteiger partial charge in [-0.3, -0.25) is 4.79 Å². The second-order valence-electron chi connectivity index (χ2n) is 6.47. The van der Waals surface area contributed by atoms with E-state index in [1.54, 1.807) is 0 Å². The number of hydrogen-bond acceptors (Lipinski definition) is 2. The molecule has 1 N–H and O–H groups in total. The van der Waals surface area contributed by atoms with E-state index in [1.807, 2.05) is 54.9 Å². The SMILES string of the molecule is C=C(C)C1CC=C(C)/C(=N/NC(=O)Cn2ccc3ccccc32)C1. The predicted molar refractivity (Wildman–Crippen MR) is 98.8 cm³/mol. The van der Waals surface area contributed by atoms with E-state index in [1.165, 1.54) is 0 Å². The van der Waals surface area contributed by atoms with Gasteiger partial charge in [-0.1, -0.05) is 36.4 Å². The molecule has 1 aromatic carbocycles. The molecule has 124 valence electrons. The molecule has 0 radical (unpaired) electrons. The van der Waals surface area contributed by atoms with Crippen LogP contribution in [-0.4, -0.2) is 16.2 Å². The van der Waals surface area contributed by atoms with Crippen LogP contribution in [0.4, 0.5) is 0 Å². The Hall–Kier alpha value is -2.62. The van der Waals surface area contributed by atoms with Crippen molar-refractivity contribution in [2.24, 2.45) is 11.0 Å². The summed E-state index contributed by atoms with van der Waals surface area (Å²) >= 11 is 0. The van der Waals surface area contributed by atoms with Crippen molar-refractivity contribution in [2.75, 3.05) is 0 Å². The van der Waals surface area contributed by atoms with Crippen molar-refractivity contribution in [1.29, 1.82) is 0 Å². The summed E-state index contributed by atoms with van der Waals surface area (Å²) in [5.41, 5.74) is 7.00. The van der Waals surface area contributed by atoms with E-state index in [0.717, 1.165) is 40.6 Å². The van der Waals surface area contributed by atoms with Gasteiger partial charge >= 0.3 is 0 Å². The highest BCUT2D eigenvalue weighted by Gasteiger charge is 2.18. The Labute approximate surface area is 142 Å². The fourth-order valence-corrected chi connectivity index (χ4v) is 3.02. The minimum absolute atomic E-state index is 0.117. The van der Waals surface area contributed by atoms with Crippen LogP contribution in [0.5, 0.6) is 0 Å². The van der Waals surface area contributed by atoms with Gasteiger partial charge in [0.1, 0.15) is 6.54 Å². The molecule has 1 aliphatic carbocycles. The minimum Gasteiger partial charge on any atom is -0.338 e. The van der Waals surface area contributed by atoms with Gasteiger partial charge in [-0.2, -0.15) is 5.10 Å². The molecule has 1 unspecified atom stereocenters. The van der Waals surface area contributed by atoms with E-state index in [-0.39, 0.29) is 12.5 Å². The van der Waals surface area contributed by atoms with E-state index in [0.29, 0.717) is 5.92 Å². The number of amides is 1. The fourth-order valence-electron chi connectivity index (χ4n) is 3.02. The third kappa shape index (κ3) is 3.48. The number of carbonyl (C=O) groups is 1. The number of aromatic nitrogens is 1. The number of fused-ring (bicyclic) bond motifs is 1. The van der Waals surface area contributed by atoms with Gasteiger partial charge in [0.2, 0.25) is 0 Å². The first-order chi connectivity index (χ1) is 11.5. The number of hydrogen-bond donors (Lipinski definition) is 1. The zero-order chi connectivity index (χ0) is 17.1. The monoisotopic (exact) mass is 321 g/mol. The fraction of sp³-hybridized carbons (Fsp3) is 0.300. The van der Waals surface area contributed by atoms with Crippen molar-refractivity contribution in [2.45, 2.75) is 33.2 Å². The maximum atomic E-state index is 12.2. The Bertz CT molecular complexity index is 841. The first-order valence-corrected chi connectivity index (χ1v) is 8.26. The van der Waals surface area contributed by atoms with Crippen LogP contribution in [0.25, 0.3) is 10.9 Å². The maximum Gasteiger partial charge on any atom is 0.259 e. The van der Waals surface area contributed by atoms with Crippen molar-refractivity contribution in [1.82, 2.24) is 9.99 Å². The zero-order valence-electron chi connectivity index (χ0n) is 14.2. The average molecular weight is 321 g/mol. The average Bonchev–Trinajstić information content (AvgIpc) is 2.97. The molecule has 1 atom stereocenters. The topological polar surface area (TPSA) is 46.4 Å². The molecule has 3 rings (SSSR count). The van der Waals surface area contributed by atoms with E-state index in [4.69, 9.17) is 0 Å². The van der Waals surface area contributed by atoms with Gasteiger partial charge in [0, 0.05) is 11.7 Å². The van der Waals surface area contributed by atoms with Crippen LogP contribution >= 0.6 is 0 Å². The Morgan fingerprint density at radius 2 is 2.17 bits per heavy atom. The van der Waals surface area contributed by atoms with Crippen LogP contribution in [0, 0.1) is 5.92 Å². The summed E-state index contributed by atoms with van der Waals surface area (Å²) in [6, 6.07) is 10.0. The standard InChI is InChI=1S/C20H23N3O/c1-14(2)17-9-8-15(3)18(12-17)21-22-20(24)13-23-11-10-16-6-4-5-7-19(16)23/h4-8,10-11,17H,1,9,12-13H2,2-3H3,(H,22,24)/b21-18+. The molecule has 1 heterocycles. The lowest BCUT2D eigenvalue weighted by Gasteiger charge is -2.22. The van der Waals surface area contributed by atoms with Gasteiger partial charge in [-0.05, 0) is 55.7 Å². The zero-order valence-corrected chi connectivity index (χ0v) is 14.2. The molecule has 1 aliphatic rings. The van der Waals surface area contributed by atoms with Crippen LogP contribution in [0.2, 0.25) is 0 Å². The molecule has 4 nitrogen and oxygen atoms in total. The van der Waals surface area contributed by atoms with Gasteiger partial charge in [0.15, 0.2) is 0 Å². The van der Waals surface area contributed by atoms with Gasteiger partial charge in [-0.25, -0.2) is 5.43 Å². The molecular weight excluding hydrogens is 298 g/mol. The largest absolute Gasteiger partial charge is 0.338 e. The highest BCUT2D eigenvalue weighted by molar-refractivity contribution is 6.01. The highest BCUT2D eigenvalue weighted by atomic mass is 16.2. The highest BCUT2D eigenvalue weighted by Crippen LogP contribution is 2.26. The number of allylic oxidation sites excluding steroid dienone is 3. The molecule has 1 amide bonds. The van der Waals surface area contributed by atoms with Crippen LogP contribution in [0.15, 0.2) is 65.4 Å². The van der Waals surface area contributed by atoms with Gasteiger partial charge in [-0.15, -0.1) is 0 Å². The number of benzene rings is 1. The van der Waals surface area contributed by atoms with Crippen LogP contribution in [0.1, 0.15) is 26.7 Å². The second-order valence-corrected chi connectivity index (χ2v) is 6.47. The number of nitrogens with one attached hydrogen (secondary N) is 1. The summed E-state index contributed by atoms with van der Waals surface area (Å²) in [5, 5.41) is 5.48. The summed E-state index contributed by atoms with van der Waals surface area (Å²) < 4.78 is 1.94. The predicted octanol–water partition coefficient (Wildman–Crippen LogP) is 4.05. The molecule has 1 aromatic heterocycles. The number of para-hydroxylation sites is 1. The number of rotatable bonds is 4. The maximum absolute atomic E-state index is 12.2. The smallest absolute Gasteiger partial charge is 0.259 e. The summed E-state index contributed by atoms with van der Waals surface area (Å²) in [4.78, 5) is 12.2.